The van der Waals surface area contributed by atoms with Crippen molar-refractivity contribution in [1.82, 2.24) is 4.31 Å². The van der Waals surface area contributed by atoms with Crippen molar-refractivity contribution < 1.29 is 18.0 Å². The average molecular weight is 476 g/mol. The van der Waals surface area contributed by atoms with Gasteiger partial charge in [0.15, 0.2) is 0 Å². The second-order valence-corrected chi connectivity index (χ2v) is 10.7. The van der Waals surface area contributed by atoms with Crippen molar-refractivity contribution in [3.05, 3.63) is 52.5 Å². The molecule has 32 heavy (non-hydrogen) atoms. The highest BCUT2D eigenvalue weighted by molar-refractivity contribution is 7.89. The van der Waals surface area contributed by atoms with E-state index in [0.717, 1.165) is 11.1 Å². The molecule has 9 heteroatoms. The van der Waals surface area contributed by atoms with Gasteiger partial charge in [0.25, 0.3) is 0 Å². The van der Waals surface area contributed by atoms with Gasteiger partial charge in [0.1, 0.15) is 0 Å². The minimum Gasteiger partial charge on any atom is -0.326 e. The van der Waals surface area contributed by atoms with Crippen LogP contribution in [0.2, 0.25) is 5.02 Å². The third-order valence-corrected chi connectivity index (χ3v) is 8.30. The minimum absolute atomic E-state index is 0.0564. The van der Waals surface area contributed by atoms with Crippen molar-refractivity contribution >= 4 is 44.8 Å². The molecule has 2 aliphatic heterocycles. The molecule has 1 atom stereocenters. The largest absolute Gasteiger partial charge is 0.326 e. The highest BCUT2D eigenvalue weighted by atomic mass is 35.5. The van der Waals surface area contributed by atoms with Gasteiger partial charge >= 0.3 is 0 Å². The molecule has 0 aromatic heterocycles. The Labute approximate surface area is 193 Å². The normalized spacial score (nSPS) is 19.6. The van der Waals surface area contributed by atoms with Crippen molar-refractivity contribution in [2.45, 2.75) is 43.9 Å². The Morgan fingerprint density at radius 3 is 2.75 bits per heavy atom. The molecule has 170 valence electrons. The number of sulfonamides is 1. The minimum atomic E-state index is -3.75. The summed E-state index contributed by atoms with van der Waals surface area (Å²) in [6.45, 7) is 2.38. The van der Waals surface area contributed by atoms with E-state index < -0.39 is 15.9 Å². The fraction of sp³-hybridized carbons (Fsp3) is 0.391. The summed E-state index contributed by atoms with van der Waals surface area (Å²) >= 11 is 6.14. The summed E-state index contributed by atoms with van der Waals surface area (Å²) in [6, 6.07) is 10.1. The third-order valence-electron chi connectivity index (χ3n) is 6.03. The molecule has 2 N–H and O–H groups in total. The molecule has 0 unspecified atom stereocenters. The molecule has 2 aliphatic rings. The number of carbonyl (C=O) groups is 2. The van der Waals surface area contributed by atoms with Crippen molar-refractivity contribution in [2.75, 3.05) is 23.7 Å². The number of rotatable bonds is 4. The lowest BCUT2D eigenvalue weighted by atomic mass is 9.98. The first-order valence-electron chi connectivity index (χ1n) is 10.7. The summed E-state index contributed by atoms with van der Waals surface area (Å²) in [5.74, 6) is -0.715. The molecule has 0 saturated carbocycles. The second kappa shape index (κ2) is 9.21. The summed E-state index contributed by atoms with van der Waals surface area (Å²) in [5, 5.41) is 6.25. The van der Waals surface area contributed by atoms with E-state index in [9.17, 15) is 18.0 Å². The number of amides is 2. The maximum absolute atomic E-state index is 13.3. The number of benzene rings is 2. The predicted octanol–water partition coefficient (Wildman–Crippen LogP) is 3.96. The molecule has 2 aromatic carbocycles. The number of hydrogen-bond acceptors (Lipinski definition) is 4. The zero-order valence-electron chi connectivity index (χ0n) is 17.9. The summed E-state index contributed by atoms with van der Waals surface area (Å²) in [7, 11) is -3.75. The van der Waals surface area contributed by atoms with E-state index in [4.69, 9.17) is 11.6 Å². The Morgan fingerprint density at radius 1 is 1.16 bits per heavy atom. The van der Waals surface area contributed by atoms with Gasteiger partial charge in [-0.05, 0) is 74.1 Å². The molecule has 4 rings (SSSR count). The number of nitrogens with zero attached hydrogens (tertiary/aromatic N) is 1. The van der Waals surface area contributed by atoms with Gasteiger partial charge in [-0.3, -0.25) is 9.59 Å². The van der Waals surface area contributed by atoms with Crippen LogP contribution in [0.25, 0.3) is 0 Å². The monoisotopic (exact) mass is 475 g/mol. The number of hydrogen-bond donors (Lipinski definition) is 2. The van der Waals surface area contributed by atoms with Gasteiger partial charge in [-0.1, -0.05) is 17.7 Å². The summed E-state index contributed by atoms with van der Waals surface area (Å²) in [5.41, 5.74) is 3.00. The van der Waals surface area contributed by atoms with Crippen molar-refractivity contribution in [2.24, 2.45) is 5.92 Å². The second-order valence-electron chi connectivity index (χ2n) is 8.38. The Balaban J connectivity index is 1.49. The SMILES string of the molecule is Cc1ccc(NC(=O)[C@@H]2CCCN(S(=O)(=O)c3ccc4c(c3)CCCC(=O)N4)C2)cc1Cl. The van der Waals surface area contributed by atoms with Gasteiger partial charge in [0, 0.05) is 35.9 Å². The Morgan fingerprint density at radius 2 is 1.97 bits per heavy atom. The fourth-order valence-electron chi connectivity index (χ4n) is 4.15. The van der Waals surface area contributed by atoms with Gasteiger partial charge < -0.3 is 10.6 Å². The molecule has 2 aromatic rings. The van der Waals surface area contributed by atoms with Crippen molar-refractivity contribution in [3.63, 3.8) is 0 Å². The molecule has 0 bridgehead atoms. The Hall–Kier alpha value is -2.42. The predicted molar refractivity (Wildman–Crippen MR) is 124 cm³/mol. The molecular formula is C23H26ClN3O4S. The van der Waals surface area contributed by atoms with Gasteiger partial charge in [0.2, 0.25) is 21.8 Å². The topological polar surface area (TPSA) is 95.6 Å². The average Bonchev–Trinajstić information content (AvgIpc) is 2.96. The van der Waals surface area contributed by atoms with Gasteiger partial charge in [0.05, 0.1) is 10.8 Å². The number of nitrogens with one attached hydrogen (secondary N) is 2. The van der Waals surface area contributed by atoms with Crippen LogP contribution in [-0.4, -0.2) is 37.6 Å². The van der Waals surface area contributed by atoms with Crippen molar-refractivity contribution in [1.29, 1.82) is 0 Å². The molecule has 0 radical (unpaired) electrons. The number of aryl methyl sites for hydroxylation is 2. The first-order valence-corrected chi connectivity index (χ1v) is 12.6. The lowest BCUT2D eigenvalue weighted by molar-refractivity contribution is -0.121. The number of anilines is 2. The number of halogens is 1. The maximum Gasteiger partial charge on any atom is 0.243 e. The number of piperidine rings is 1. The lowest BCUT2D eigenvalue weighted by Crippen LogP contribution is -2.43. The maximum atomic E-state index is 13.3. The van der Waals surface area contributed by atoms with Crippen LogP contribution < -0.4 is 10.6 Å². The first-order chi connectivity index (χ1) is 15.2. The number of carbonyl (C=O) groups excluding carboxylic acids is 2. The van der Waals surface area contributed by atoms with E-state index in [0.29, 0.717) is 55.0 Å². The van der Waals surface area contributed by atoms with Crippen LogP contribution in [-0.2, 0) is 26.0 Å². The van der Waals surface area contributed by atoms with Crippen LogP contribution >= 0.6 is 11.6 Å². The summed E-state index contributed by atoms with van der Waals surface area (Å²) in [4.78, 5) is 24.8. The Kier molecular flexibility index (Phi) is 6.55. The molecule has 2 amide bonds. The summed E-state index contributed by atoms with van der Waals surface area (Å²) in [6.07, 6.45) is 2.96. The van der Waals surface area contributed by atoms with Crippen LogP contribution in [0, 0.1) is 12.8 Å². The highest BCUT2D eigenvalue weighted by Crippen LogP contribution is 2.29. The van der Waals surface area contributed by atoms with Crippen LogP contribution in [0.5, 0.6) is 0 Å². The first kappa shape index (κ1) is 22.8. The molecule has 1 saturated heterocycles. The quantitative estimate of drug-likeness (QED) is 0.699. The molecule has 2 heterocycles. The molecule has 0 aliphatic carbocycles. The number of fused-ring (bicyclic) bond motifs is 1. The van der Waals surface area contributed by atoms with E-state index in [1.165, 1.54) is 10.4 Å². The standard InChI is InChI=1S/C23H26ClN3O4S/c1-15-7-8-18(13-20(15)24)25-23(29)17-5-3-11-27(14-17)32(30,31)19-9-10-21-16(12-19)4-2-6-22(28)26-21/h7-10,12-13,17H,2-6,11,14H2,1H3,(H,25,29)(H,26,28)/t17-/m1/s1. The van der Waals surface area contributed by atoms with Gasteiger partial charge in [-0.25, -0.2) is 8.42 Å². The molecular weight excluding hydrogens is 450 g/mol. The van der Waals surface area contributed by atoms with E-state index in [1.54, 1.807) is 24.3 Å². The molecule has 7 nitrogen and oxygen atoms in total. The molecule has 1 fully saturated rings. The zero-order chi connectivity index (χ0) is 22.9. The van der Waals surface area contributed by atoms with E-state index in [-0.39, 0.29) is 23.3 Å². The summed E-state index contributed by atoms with van der Waals surface area (Å²) < 4.78 is 28.0. The van der Waals surface area contributed by atoms with Crippen LogP contribution in [0.4, 0.5) is 11.4 Å². The lowest BCUT2D eigenvalue weighted by Gasteiger charge is -2.31. The molecule has 0 spiro atoms. The smallest absolute Gasteiger partial charge is 0.243 e. The highest BCUT2D eigenvalue weighted by Gasteiger charge is 2.34. The van der Waals surface area contributed by atoms with Gasteiger partial charge in [-0.15, -0.1) is 0 Å². The fourth-order valence-corrected chi connectivity index (χ4v) is 5.91. The van der Waals surface area contributed by atoms with Gasteiger partial charge in [-0.2, -0.15) is 4.31 Å². The van der Waals surface area contributed by atoms with E-state index >= 15 is 0 Å². The van der Waals surface area contributed by atoms with E-state index in [1.807, 2.05) is 13.0 Å². The van der Waals surface area contributed by atoms with Crippen molar-refractivity contribution in [3.8, 4) is 0 Å². The van der Waals surface area contributed by atoms with Crippen LogP contribution in [0.3, 0.4) is 0 Å². The van der Waals surface area contributed by atoms with Crippen LogP contribution in [0.15, 0.2) is 41.3 Å². The Bertz CT molecular complexity index is 1170. The van der Waals surface area contributed by atoms with Crippen LogP contribution in [0.1, 0.15) is 36.8 Å². The van der Waals surface area contributed by atoms with E-state index in [2.05, 4.69) is 10.6 Å². The zero-order valence-corrected chi connectivity index (χ0v) is 19.4. The third kappa shape index (κ3) is 4.82.